The Morgan fingerprint density at radius 3 is 3.12 bits per heavy atom. The van der Waals surface area contributed by atoms with Gasteiger partial charge in [0.25, 0.3) is 0 Å². The number of nitrogens with zero attached hydrogens (tertiary/aromatic N) is 3. The molecule has 90 valence electrons. The SMILES string of the molecule is CN(CC1CC1)c1ncnc2c1NC(=O)CS2. The Bertz CT molecular complexity index is 461. The summed E-state index contributed by atoms with van der Waals surface area (Å²) in [6.45, 7) is 1.00. The van der Waals surface area contributed by atoms with Crippen LogP contribution in [0.4, 0.5) is 11.5 Å². The molecule has 6 heteroatoms. The molecule has 3 rings (SSSR count). The third-order valence-electron chi connectivity index (χ3n) is 2.99. The Kier molecular flexibility index (Phi) is 2.66. The predicted octanol–water partition coefficient (Wildman–Crippen LogP) is 1.37. The van der Waals surface area contributed by atoms with E-state index >= 15 is 0 Å². The maximum atomic E-state index is 11.4. The van der Waals surface area contributed by atoms with Crippen LogP contribution in [0.25, 0.3) is 0 Å². The molecule has 5 nitrogen and oxygen atoms in total. The molecule has 1 fully saturated rings. The zero-order valence-corrected chi connectivity index (χ0v) is 10.5. The fourth-order valence-corrected chi connectivity index (χ4v) is 2.70. The van der Waals surface area contributed by atoms with Gasteiger partial charge >= 0.3 is 0 Å². The summed E-state index contributed by atoms with van der Waals surface area (Å²) < 4.78 is 0. The van der Waals surface area contributed by atoms with E-state index in [1.54, 1.807) is 6.33 Å². The van der Waals surface area contributed by atoms with Gasteiger partial charge in [0.1, 0.15) is 17.0 Å². The van der Waals surface area contributed by atoms with Gasteiger partial charge in [-0.2, -0.15) is 0 Å². The Balaban J connectivity index is 1.89. The Hall–Kier alpha value is -1.30. The van der Waals surface area contributed by atoms with Gasteiger partial charge in [0.05, 0.1) is 5.75 Å². The minimum atomic E-state index is 0.0263. The zero-order chi connectivity index (χ0) is 11.8. The van der Waals surface area contributed by atoms with Crippen molar-refractivity contribution in [3.8, 4) is 0 Å². The van der Waals surface area contributed by atoms with Crippen LogP contribution in [-0.2, 0) is 4.79 Å². The average molecular weight is 250 g/mol. The molecule has 0 aromatic carbocycles. The van der Waals surface area contributed by atoms with Gasteiger partial charge in [-0.1, -0.05) is 11.8 Å². The van der Waals surface area contributed by atoms with Crippen LogP contribution in [0.3, 0.4) is 0 Å². The zero-order valence-electron chi connectivity index (χ0n) is 9.64. The molecule has 0 atom stereocenters. The van der Waals surface area contributed by atoms with Crippen LogP contribution in [0, 0.1) is 5.92 Å². The van der Waals surface area contributed by atoms with Crippen LogP contribution in [0.2, 0.25) is 0 Å². The van der Waals surface area contributed by atoms with Gasteiger partial charge in [-0.3, -0.25) is 4.79 Å². The lowest BCUT2D eigenvalue weighted by Crippen LogP contribution is -2.26. The van der Waals surface area contributed by atoms with E-state index in [1.807, 2.05) is 7.05 Å². The number of hydrogen-bond acceptors (Lipinski definition) is 5. The number of hydrogen-bond donors (Lipinski definition) is 1. The van der Waals surface area contributed by atoms with Crippen molar-refractivity contribution in [2.24, 2.45) is 5.92 Å². The van der Waals surface area contributed by atoms with Gasteiger partial charge in [0, 0.05) is 13.6 Å². The van der Waals surface area contributed by atoms with Crippen molar-refractivity contribution in [2.45, 2.75) is 17.9 Å². The molecule has 1 aliphatic heterocycles. The minimum Gasteiger partial charge on any atom is -0.358 e. The van der Waals surface area contributed by atoms with E-state index in [1.165, 1.54) is 24.6 Å². The molecule has 1 aliphatic carbocycles. The van der Waals surface area contributed by atoms with Crippen molar-refractivity contribution in [3.05, 3.63) is 6.33 Å². The van der Waals surface area contributed by atoms with E-state index < -0.39 is 0 Å². The summed E-state index contributed by atoms with van der Waals surface area (Å²) in [5, 5.41) is 3.75. The molecule has 2 aliphatic rings. The molecule has 0 unspecified atom stereocenters. The highest BCUT2D eigenvalue weighted by atomic mass is 32.2. The summed E-state index contributed by atoms with van der Waals surface area (Å²) in [7, 11) is 2.02. The van der Waals surface area contributed by atoms with E-state index in [2.05, 4.69) is 20.2 Å². The number of amides is 1. The first-order chi connectivity index (χ1) is 8.24. The van der Waals surface area contributed by atoms with Crippen molar-refractivity contribution in [3.63, 3.8) is 0 Å². The summed E-state index contributed by atoms with van der Waals surface area (Å²) in [5.41, 5.74) is 0.775. The Labute approximate surface area is 104 Å². The molecule has 0 saturated heterocycles. The number of nitrogens with one attached hydrogen (secondary N) is 1. The number of anilines is 2. The molecule has 2 heterocycles. The molecule has 1 N–H and O–H groups in total. The number of thioether (sulfide) groups is 1. The van der Waals surface area contributed by atoms with Crippen LogP contribution in [0.15, 0.2) is 11.4 Å². The van der Waals surface area contributed by atoms with E-state index in [4.69, 9.17) is 0 Å². The lowest BCUT2D eigenvalue weighted by atomic mass is 10.3. The van der Waals surface area contributed by atoms with E-state index in [9.17, 15) is 4.79 Å². The fraction of sp³-hybridized carbons (Fsp3) is 0.545. The van der Waals surface area contributed by atoms with Crippen molar-refractivity contribution in [1.82, 2.24) is 9.97 Å². The van der Waals surface area contributed by atoms with Gasteiger partial charge in [-0.25, -0.2) is 9.97 Å². The second-order valence-electron chi connectivity index (χ2n) is 4.54. The van der Waals surface area contributed by atoms with Crippen LogP contribution in [0.5, 0.6) is 0 Å². The molecule has 0 radical (unpaired) electrons. The van der Waals surface area contributed by atoms with Crippen LogP contribution >= 0.6 is 11.8 Å². The van der Waals surface area contributed by atoms with E-state index in [0.29, 0.717) is 5.75 Å². The maximum absolute atomic E-state index is 11.4. The van der Waals surface area contributed by atoms with Crippen LogP contribution in [-0.4, -0.2) is 35.2 Å². The molecular formula is C11H14N4OS. The Morgan fingerprint density at radius 1 is 1.53 bits per heavy atom. The number of carbonyl (C=O) groups is 1. The maximum Gasteiger partial charge on any atom is 0.234 e. The second-order valence-corrected chi connectivity index (χ2v) is 5.50. The number of carbonyl (C=O) groups excluding carboxylic acids is 1. The fourth-order valence-electron chi connectivity index (χ4n) is 1.95. The molecule has 1 aromatic heterocycles. The standard InChI is InChI=1S/C11H14N4OS/c1-15(4-7-2-3-7)10-9-11(13-6-12-10)17-5-8(16)14-9/h6-7H,2-5H2,1H3,(H,14,16). The normalized spacial score (nSPS) is 18.5. The summed E-state index contributed by atoms with van der Waals surface area (Å²) in [4.78, 5) is 22.0. The lowest BCUT2D eigenvalue weighted by Gasteiger charge is -2.24. The van der Waals surface area contributed by atoms with Crippen molar-refractivity contribution in [1.29, 1.82) is 0 Å². The van der Waals surface area contributed by atoms with E-state index in [-0.39, 0.29) is 5.91 Å². The average Bonchev–Trinajstić information content (AvgIpc) is 3.12. The topological polar surface area (TPSA) is 58.1 Å². The first kappa shape index (κ1) is 10.8. The summed E-state index contributed by atoms with van der Waals surface area (Å²) >= 11 is 1.47. The third kappa shape index (κ3) is 2.22. The van der Waals surface area contributed by atoms with Crippen LogP contribution < -0.4 is 10.2 Å². The lowest BCUT2D eigenvalue weighted by molar-refractivity contribution is -0.113. The molecular weight excluding hydrogens is 236 g/mol. The third-order valence-corrected chi connectivity index (χ3v) is 3.98. The first-order valence-corrected chi connectivity index (χ1v) is 6.71. The van der Waals surface area contributed by atoms with Gasteiger partial charge in [0.2, 0.25) is 5.91 Å². The number of fused-ring (bicyclic) bond motifs is 1. The monoisotopic (exact) mass is 250 g/mol. The summed E-state index contributed by atoms with van der Waals surface area (Å²) in [5.74, 6) is 2.09. The molecule has 1 aromatic rings. The molecule has 0 bridgehead atoms. The molecule has 1 amide bonds. The molecule has 1 saturated carbocycles. The highest BCUT2D eigenvalue weighted by Gasteiger charge is 2.27. The highest BCUT2D eigenvalue weighted by Crippen LogP contribution is 2.37. The minimum absolute atomic E-state index is 0.0263. The van der Waals surface area contributed by atoms with Gasteiger partial charge < -0.3 is 10.2 Å². The van der Waals surface area contributed by atoms with Crippen LogP contribution in [0.1, 0.15) is 12.8 Å². The molecule has 17 heavy (non-hydrogen) atoms. The second kappa shape index (κ2) is 4.18. The smallest absolute Gasteiger partial charge is 0.234 e. The van der Waals surface area contributed by atoms with Gasteiger partial charge in [-0.15, -0.1) is 0 Å². The summed E-state index contributed by atoms with van der Waals surface area (Å²) in [6, 6.07) is 0. The quantitative estimate of drug-likeness (QED) is 0.821. The predicted molar refractivity (Wildman–Crippen MR) is 67.4 cm³/mol. The highest BCUT2D eigenvalue weighted by molar-refractivity contribution is 8.00. The molecule has 0 spiro atoms. The number of aromatic nitrogens is 2. The summed E-state index contributed by atoms with van der Waals surface area (Å²) in [6.07, 6.45) is 4.18. The Morgan fingerprint density at radius 2 is 2.35 bits per heavy atom. The number of rotatable bonds is 3. The first-order valence-electron chi connectivity index (χ1n) is 5.73. The van der Waals surface area contributed by atoms with Gasteiger partial charge in [-0.05, 0) is 18.8 Å². The van der Waals surface area contributed by atoms with Crippen molar-refractivity contribution in [2.75, 3.05) is 29.6 Å². The van der Waals surface area contributed by atoms with Gasteiger partial charge in [0.15, 0.2) is 5.82 Å². The van der Waals surface area contributed by atoms with Crippen molar-refractivity contribution >= 4 is 29.2 Å². The van der Waals surface area contributed by atoms with Crippen molar-refractivity contribution < 1.29 is 4.79 Å². The largest absolute Gasteiger partial charge is 0.358 e. The van der Waals surface area contributed by atoms with E-state index in [0.717, 1.165) is 29.0 Å².